The normalized spacial score (nSPS) is 10.5. The van der Waals surface area contributed by atoms with Crippen molar-refractivity contribution in [2.24, 2.45) is 0 Å². The predicted molar refractivity (Wildman–Crippen MR) is 104 cm³/mol. The van der Waals surface area contributed by atoms with Crippen LogP contribution in [-0.2, 0) is 11.2 Å². The first kappa shape index (κ1) is 17.8. The lowest BCUT2D eigenvalue weighted by molar-refractivity contribution is -0.123. The standard InChI is InChI=1S/C22H24N2O2/c1-17-15-19(18(2)24(17)20-9-5-3-6-10-20)13-14-23-22(25)16-26-21-11-7-4-8-12-21/h3-12,15H,13-14,16H2,1-2H3,(H,23,25). The third kappa shape index (κ3) is 4.33. The van der Waals surface area contributed by atoms with Crippen LogP contribution in [0, 0.1) is 13.8 Å². The zero-order chi connectivity index (χ0) is 18.4. The van der Waals surface area contributed by atoms with Gasteiger partial charge in [0.1, 0.15) is 5.75 Å². The van der Waals surface area contributed by atoms with Crippen LogP contribution in [0.3, 0.4) is 0 Å². The molecule has 0 atom stereocenters. The first-order valence-corrected chi connectivity index (χ1v) is 8.83. The molecule has 0 unspecified atom stereocenters. The zero-order valence-corrected chi connectivity index (χ0v) is 15.2. The summed E-state index contributed by atoms with van der Waals surface area (Å²) in [6.45, 7) is 4.86. The van der Waals surface area contributed by atoms with Gasteiger partial charge in [0.2, 0.25) is 0 Å². The first-order chi connectivity index (χ1) is 12.6. The third-order valence-corrected chi connectivity index (χ3v) is 4.38. The summed E-state index contributed by atoms with van der Waals surface area (Å²) >= 11 is 0. The molecule has 0 spiro atoms. The molecule has 26 heavy (non-hydrogen) atoms. The van der Waals surface area contributed by atoms with Crippen molar-refractivity contribution in [3.8, 4) is 11.4 Å². The van der Waals surface area contributed by atoms with E-state index in [9.17, 15) is 4.79 Å². The van der Waals surface area contributed by atoms with E-state index in [0.29, 0.717) is 12.3 Å². The molecular formula is C22H24N2O2. The van der Waals surface area contributed by atoms with Crippen LogP contribution in [0.2, 0.25) is 0 Å². The van der Waals surface area contributed by atoms with Crippen molar-refractivity contribution in [1.82, 2.24) is 9.88 Å². The number of hydrogen-bond donors (Lipinski definition) is 1. The van der Waals surface area contributed by atoms with Gasteiger partial charge in [-0.25, -0.2) is 0 Å². The van der Waals surface area contributed by atoms with Crippen LogP contribution in [0.4, 0.5) is 0 Å². The summed E-state index contributed by atoms with van der Waals surface area (Å²) in [5.41, 5.74) is 4.82. The molecule has 1 heterocycles. The lowest BCUT2D eigenvalue weighted by Crippen LogP contribution is -2.30. The number of benzene rings is 2. The number of para-hydroxylation sites is 2. The van der Waals surface area contributed by atoms with Crippen LogP contribution >= 0.6 is 0 Å². The summed E-state index contributed by atoms with van der Waals surface area (Å²) in [6.07, 6.45) is 0.795. The minimum atomic E-state index is -0.106. The fourth-order valence-corrected chi connectivity index (χ4v) is 3.11. The van der Waals surface area contributed by atoms with E-state index in [2.05, 4.69) is 41.9 Å². The number of aromatic nitrogens is 1. The Labute approximate surface area is 154 Å². The quantitative estimate of drug-likeness (QED) is 0.705. The third-order valence-electron chi connectivity index (χ3n) is 4.38. The van der Waals surface area contributed by atoms with Crippen LogP contribution in [0.1, 0.15) is 17.0 Å². The lowest BCUT2D eigenvalue weighted by Gasteiger charge is -2.10. The summed E-state index contributed by atoms with van der Waals surface area (Å²) in [5.74, 6) is 0.597. The minimum Gasteiger partial charge on any atom is -0.484 e. The highest BCUT2D eigenvalue weighted by Gasteiger charge is 2.11. The molecule has 0 saturated heterocycles. The molecule has 2 aromatic carbocycles. The smallest absolute Gasteiger partial charge is 0.257 e. The molecule has 1 N–H and O–H groups in total. The Morgan fingerprint density at radius 3 is 2.35 bits per heavy atom. The van der Waals surface area contributed by atoms with Crippen molar-refractivity contribution in [3.63, 3.8) is 0 Å². The van der Waals surface area contributed by atoms with E-state index >= 15 is 0 Å². The Kier molecular flexibility index (Phi) is 5.74. The van der Waals surface area contributed by atoms with Crippen molar-refractivity contribution in [2.75, 3.05) is 13.2 Å². The molecule has 4 heteroatoms. The van der Waals surface area contributed by atoms with Gasteiger partial charge in [0.05, 0.1) is 0 Å². The van der Waals surface area contributed by atoms with Crippen LogP contribution in [0.15, 0.2) is 66.7 Å². The first-order valence-electron chi connectivity index (χ1n) is 8.83. The van der Waals surface area contributed by atoms with E-state index in [1.165, 1.54) is 17.0 Å². The van der Waals surface area contributed by atoms with E-state index in [0.717, 1.165) is 12.1 Å². The van der Waals surface area contributed by atoms with Gasteiger partial charge in [0.25, 0.3) is 5.91 Å². The molecule has 134 valence electrons. The Morgan fingerprint density at radius 1 is 1.00 bits per heavy atom. The maximum absolute atomic E-state index is 11.9. The Hall–Kier alpha value is -3.01. The molecule has 0 aliphatic heterocycles. The highest BCUT2D eigenvalue weighted by atomic mass is 16.5. The van der Waals surface area contributed by atoms with Crippen LogP contribution in [-0.4, -0.2) is 23.6 Å². The molecule has 0 saturated carbocycles. The number of aryl methyl sites for hydroxylation is 1. The van der Waals surface area contributed by atoms with E-state index in [4.69, 9.17) is 4.74 Å². The van der Waals surface area contributed by atoms with Gasteiger partial charge in [-0.1, -0.05) is 36.4 Å². The summed E-state index contributed by atoms with van der Waals surface area (Å²) in [6, 6.07) is 21.9. The summed E-state index contributed by atoms with van der Waals surface area (Å²) in [5, 5.41) is 2.92. The van der Waals surface area contributed by atoms with Gasteiger partial charge in [-0.2, -0.15) is 0 Å². The largest absolute Gasteiger partial charge is 0.484 e. The van der Waals surface area contributed by atoms with E-state index in [1.807, 2.05) is 48.5 Å². The van der Waals surface area contributed by atoms with Gasteiger partial charge in [-0.05, 0) is 56.2 Å². The molecule has 1 amide bonds. The number of nitrogens with one attached hydrogen (secondary N) is 1. The molecule has 3 rings (SSSR count). The fraction of sp³-hybridized carbons (Fsp3) is 0.227. The van der Waals surface area contributed by atoms with Crippen molar-refractivity contribution < 1.29 is 9.53 Å². The molecule has 0 aliphatic rings. The highest BCUT2D eigenvalue weighted by molar-refractivity contribution is 5.77. The molecule has 3 aromatic rings. The molecule has 4 nitrogen and oxygen atoms in total. The van der Waals surface area contributed by atoms with Crippen LogP contribution < -0.4 is 10.1 Å². The number of nitrogens with zero attached hydrogens (tertiary/aromatic N) is 1. The van der Waals surface area contributed by atoms with E-state index in [-0.39, 0.29) is 12.5 Å². The zero-order valence-electron chi connectivity index (χ0n) is 15.2. The number of carbonyl (C=O) groups excluding carboxylic acids is 1. The number of amides is 1. The maximum Gasteiger partial charge on any atom is 0.257 e. The Balaban J connectivity index is 1.53. The molecule has 0 aliphatic carbocycles. The Bertz CT molecular complexity index is 855. The second-order valence-electron chi connectivity index (χ2n) is 6.27. The van der Waals surface area contributed by atoms with Gasteiger partial charge in [-0.3, -0.25) is 4.79 Å². The topological polar surface area (TPSA) is 43.3 Å². The van der Waals surface area contributed by atoms with Gasteiger partial charge in [-0.15, -0.1) is 0 Å². The maximum atomic E-state index is 11.9. The van der Waals surface area contributed by atoms with Gasteiger partial charge in [0.15, 0.2) is 6.61 Å². The van der Waals surface area contributed by atoms with Crippen LogP contribution in [0.5, 0.6) is 5.75 Å². The summed E-state index contributed by atoms with van der Waals surface area (Å²) in [7, 11) is 0. The number of ether oxygens (including phenoxy) is 1. The van der Waals surface area contributed by atoms with Crippen LogP contribution in [0.25, 0.3) is 5.69 Å². The highest BCUT2D eigenvalue weighted by Crippen LogP contribution is 2.20. The molecule has 0 bridgehead atoms. The minimum absolute atomic E-state index is 0.0348. The Morgan fingerprint density at radius 2 is 1.65 bits per heavy atom. The monoisotopic (exact) mass is 348 g/mol. The predicted octanol–water partition coefficient (Wildman–Crippen LogP) is 3.83. The molecule has 1 aromatic heterocycles. The van der Waals surface area contributed by atoms with Gasteiger partial charge in [0, 0.05) is 23.6 Å². The van der Waals surface area contributed by atoms with Gasteiger partial charge >= 0.3 is 0 Å². The lowest BCUT2D eigenvalue weighted by atomic mass is 10.2. The number of rotatable bonds is 7. The molecule has 0 fully saturated rings. The van der Waals surface area contributed by atoms with E-state index in [1.54, 1.807) is 0 Å². The average molecular weight is 348 g/mol. The van der Waals surface area contributed by atoms with Crippen molar-refractivity contribution >= 4 is 5.91 Å². The second kappa shape index (κ2) is 8.39. The molecule has 0 radical (unpaired) electrons. The van der Waals surface area contributed by atoms with Crippen molar-refractivity contribution in [1.29, 1.82) is 0 Å². The molecular weight excluding hydrogens is 324 g/mol. The van der Waals surface area contributed by atoms with Gasteiger partial charge < -0.3 is 14.6 Å². The fourth-order valence-electron chi connectivity index (χ4n) is 3.11. The average Bonchev–Trinajstić information content (AvgIpc) is 2.95. The second-order valence-corrected chi connectivity index (χ2v) is 6.27. The van der Waals surface area contributed by atoms with Crippen molar-refractivity contribution in [2.45, 2.75) is 20.3 Å². The number of carbonyl (C=O) groups is 1. The van der Waals surface area contributed by atoms with Crippen molar-refractivity contribution in [3.05, 3.63) is 83.7 Å². The number of hydrogen-bond acceptors (Lipinski definition) is 2. The summed E-state index contributed by atoms with van der Waals surface area (Å²) < 4.78 is 7.70. The summed E-state index contributed by atoms with van der Waals surface area (Å²) in [4.78, 5) is 11.9. The van der Waals surface area contributed by atoms with E-state index < -0.39 is 0 Å². The SMILES string of the molecule is Cc1cc(CCNC(=O)COc2ccccc2)c(C)n1-c1ccccc1.